The van der Waals surface area contributed by atoms with Crippen LogP contribution in [-0.4, -0.2) is 22.8 Å². The first-order valence-corrected chi connectivity index (χ1v) is 7.90. The molecule has 2 aromatic rings. The van der Waals surface area contributed by atoms with Crippen molar-refractivity contribution in [3.8, 4) is 5.75 Å². The van der Waals surface area contributed by atoms with Gasteiger partial charge in [-0.25, -0.2) is 0 Å². The maximum Gasteiger partial charge on any atom is 0.273 e. The van der Waals surface area contributed by atoms with Crippen molar-refractivity contribution in [2.75, 3.05) is 0 Å². The molecule has 2 amide bonds. The lowest BCUT2D eigenvalue weighted by molar-refractivity contribution is -0.137. The minimum atomic E-state index is -0.518. The van der Waals surface area contributed by atoms with E-state index in [1.165, 1.54) is 6.26 Å². The number of ether oxygens (including phenoxy) is 1. The predicted molar refractivity (Wildman–Crippen MR) is 89.2 cm³/mol. The SMILES string of the molecule is CC(C)Oc1ccc(C2=C(Cl)C(=O)N(Cc3ccco3)C2=O)cc1. The molecule has 2 heterocycles. The molecule has 0 N–H and O–H groups in total. The quantitative estimate of drug-likeness (QED) is 0.777. The van der Waals surface area contributed by atoms with Crippen LogP contribution in [-0.2, 0) is 16.1 Å². The van der Waals surface area contributed by atoms with Gasteiger partial charge >= 0.3 is 0 Å². The Morgan fingerprint density at radius 3 is 2.42 bits per heavy atom. The molecule has 0 saturated heterocycles. The summed E-state index contributed by atoms with van der Waals surface area (Å²) in [5.74, 6) is 0.257. The third-order valence-electron chi connectivity index (χ3n) is 3.52. The molecule has 124 valence electrons. The van der Waals surface area contributed by atoms with Gasteiger partial charge in [0.15, 0.2) is 0 Å². The van der Waals surface area contributed by atoms with Crippen molar-refractivity contribution in [1.29, 1.82) is 0 Å². The minimum absolute atomic E-state index is 0.0529. The minimum Gasteiger partial charge on any atom is -0.491 e. The summed E-state index contributed by atoms with van der Waals surface area (Å²) >= 11 is 6.12. The van der Waals surface area contributed by atoms with Gasteiger partial charge in [-0.15, -0.1) is 0 Å². The Kier molecular flexibility index (Phi) is 4.44. The number of amides is 2. The summed E-state index contributed by atoms with van der Waals surface area (Å²) in [4.78, 5) is 26.0. The topological polar surface area (TPSA) is 59.8 Å². The van der Waals surface area contributed by atoms with Gasteiger partial charge in [0.05, 0.1) is 24.5 Å². The lowest BCUT2D eigenvalue weighted by Gasteiger charge is -2.13. The lowest BCUT2D eigenvalue weighted by Crippen LogP contribution is -2.30. The Hall–Kier alpha value is -2.53. The molecule has 3 rings (SSSR count). The highest BCUT2D eigenvalue weighted by atomic mass is 35.5. The van der Waals surface area contributed by atoms with E-state index in [-0.39, 0.29) is 23.3 Å². The third kappa shape index (κ3) is 3.08. The molecule has 1 aromatic heterocycles. The Labute approximate surface area is 144 Å². The van der Waals surface area contributed by atoms with E-state index >= 15 is 0 Å². The van der Waals surface area contributed by atoms with E-state index in [1.54, 1.807) is 36.4 Å². The van der Waals surface area contributed by atoms with Crippen LogP contribution in [0.15, 0.2) is 52.1 Å². The molecule has 0 spiro atoms. The first-order valence-electron chi connectivity index (χ1n) is 7.53. The van der Waals surface area contributed by atoms with Crippen molar-refractivity contribution in [3.63, 3.8) is 0 Å². The number of halogens is 1. The zero-order valence-electron chi connectivity index (χ0n) is 13.3. The Bertz CT molecular complexity index is 791. The van der Waals surface area contributed by atoms with Crippen molar-refractivity contribution in [2.45, 2.75) is 26.5 Å². The number of carbonyl (C=O) groups excluding carboxylic acids is 2. The van der Waals surface area contributed by atoms with Crippen LogP contribution in [0.4, 0.5) is 0 Å². The van der Waals surface area contributed by atoms with E-state index in [2.05, 4.69) is 0 Å². The number of hydrogen-bond donors (Lipinski definition) is 0. The number of nitrogens with zero attached hydrogens (tertiary/aromatic N) is 1. The molecule has 0 unspecified atom stereocenters. The van der Waals surface area contributed by atoms with Gasteiger partial charge in [-0.05, 0) is 43.7 Å². The molecule has 6 heteroatoms. The fraction of sp³-hybridized carbons (Fsp3) is 0.222. The molecule has 0 saturated carbocycles. The predicted octanol–water partition coefficient (Wildman–Crippen LogP) is 3.59. The number of imide groups is 1. The molecule has 0 atom stereocenters. The van der Waals surface area contributed by atoms with E-state index in [0.717, 1.165) is 4.90 Å². The summed E-state index contributed by atoms with van der Waals surface area (Å²) in [6.45, 7) is 3.91. The lowest BCUT2D eigenvalue weighted by atomic mass is 10.1. The first kappa shape index (κ1) is 16.3. The summed E-state index contributed by atoms with van der Waals surface area (Å²) < 4.78 is 10.8. The second-order valence-electron chi connectivity index (χ2n) is 5.66. The van der Waals surface area contributed by atoms with E-state index in [4.69, 9.17) is 20.8 Å². The van der Waals surface area contributed by atoms with Crippen molar-refractivity contribution >= 4 is 29.0 Å². The molecular weight excluding hydrogens is 330 g/mol. The van der Waals surface area contributed by atoms with Crippen molar-refractivity contribution < 1.29 is 18.7 Å². The van der Waals surface area contributed by atoms with Crippen LogP contribution in [0.25, 0.3) is 5.57 Å². The summed E-state index contributed by atoms with van der Waals surface area (Å²) in [7, 11) is 0. The smallest absolute Gasteiger partial charge is 0.273 e. The number of rotatable bonds is 5. The summed E-state index contributed by atoms with van der Waals surface area (Å²) in [6.07, 6.45) is 1.54. The van der Waals surface area contributed by atoms with Crippen LogP contribution in [0.3, 0.4) is 0 Å². The zero-order valence-corrected chi connectivity index (χ0v) is 14.0. The van der Waals surface area contributed by atoms with Crippen LogP contribution in [0.1, 0.15) is 25.2 Å². The van der Waals surface area contributed by atoms with Crippen LogP contribution in [0, 0.1) is 0 Å². The van der Waals surface area contributed by atoms with Gasteiger partial charge in [0, 0.05) is 0 Å². The maximum atomic E-state index is 12.6. The number of hydrogen-bond acceptors (Lipinski definition) is 4. The molecule has 0 radical (unpaired) electrons. The summed E-state index contributed by atoms with van der Waals surface area (Å²) in [6, 6.07) is 10.3. The van der Waals surface area contributed by atoms with Gasteiger partial charge in [-0.1, -0.05) is 23.7 Å². The largest absolute Gasteiger partial charge is 0.491 e. The standard InChI is InChI=1S/C18H16ClNO4/c1-11(2)24-13-7-5-12(6-8-13)15-16(19)18(22)20(17(15)21)10-14-4-3-9-23-14/h3-9,11H,10H2,1-2H3. The Balaban J connectivity index is 1.84. The van der Waals surface area contributed by atoms with E-state index in [9.17, 15) is 9.59 Å². The summed E-state index contributed by atoms with van der Waals surface area (Å²) in [5, 5.41) is -0.0796. The molecule has 0 fully saturated rings. The Morgan fingerprint density at radius 2 is 1.83 bits per heavy atom. The van der Waals surface area contributed by atoms with Gasteiger partial charge in [0.25, 0.3) is 11.8 Å². The fourth-order valence-corrected chi connectivity index (χ4v) is 2.76. The molecule has 1 aromatic carbocycles. The van der Waals surface area contributed by atoms with E-state index < -0.39 is 11.8 Å². The third-order valence-corrected chi connectivity index (χ3v) is 3.87. The van der Waals surface area contributed by atoms with Crippen LogP contribution < -0.4 is 4.74 Å². The zero-order chi connectivity index (χ0) is 17.3. The van der Waals surface area contributed by atoms with Gasteiger partial charge < -0.3 is 9.15 Å². The van der Waals surface area contributed by atoms with Crippen molar-refractivity contribution in [3.05, 3.63) is 59.0 Å². The van der Waals surface area contributed by atoms with Crippen LogP contribution in [0.2, 0.25) is 0 Å². The maximum absolute atomic E-state index is 12.6. The van der Waals surface area contributed by atoms with Gasteiger partial charge in [-0.2, -0.15) is 0 Å². The summed E-state index contributed by atoms with van der Waals surface area (Å²) in [5.41, 5.74) is 0.778. The average Bonchev–Trinajstić information content (AvgIpc) is 3.12. The number of benzene rings is 1. The molecular formula is C18H16ClNO4. The molecule has 24 heavy (non-hydrogen) atoms. The van der Waals surface area contributed by atoms with Gasteiger partial charge in [0.1, 0.15) is 16.5 Å². The van der Waals surface area contributed by atoms with E-state index in [0.29, 0.717) is 17.1 Å². The normalized spacial score (nSPS) is 14.9. The molecule has 0 aliphatic carbocycles. The highest BCUT2D eigenvalue weighted by molar-refractivity contribution is 6.55. The second kappa shape index (κ2) is 6.53. The highest BCUT2D eigenvalue weighted by Gasteiger charge is 2.38. The Morgan fingerprint density at radius 1 is 1.12 bits per heavy atom. The fourth-order valence-electron chi connectivity index (χ4n) is 2.47. The highest BCUT2D eigenvalue weighted by Crippen LogP contribution is 2.33. The molecule has 0 bridgehead atoms. The molecule has 1 aliphatic heterocycles. The molecule has 5 nitrogen and oxygen atoms in total. The van der Waals surface area contributed by atoms with Gasteiger partial charge in [-0.3, -0.25) is 14.5 Å². The van der Waals surface area contributed by atoms with Crippen molar-refractivity contribution in [2.24, 2.45) is 0 Å². The first-order chi connectivity index (χ1) is 11.5. The monoisotopic (exact) mass is 345 g/mol. The van der Waals surface area contributed by atoms with Crippen LogP contribution >= 0.6 is 11.6 Å². The molecule has 1 aliphatic rings. The van der Waals surface area contributed by atoms with E-state index in [1.807, 2.05) is 13.8 Å². The second-order valence-corrected chi connectivity index (χ2v) is 6.03. The number of furan rings is 1. The van der Waals surface area contributed by atoms with Gasteiger partial charge in [0.2, 0.25) is 0 Å². The van der Waals surface area contributed by atoms with Crippen LogP contribution in [0.5, 0.6) is 5.75 Å². The van der Waals surface area contributed by atoms with Crippen molar-refractivity contribution in [1.82, 2.24) is 4.90 Å². The average molecular weight is 346 g/mol. The number of carbonyl (C=O) groups is 2.